The number of rotatable bonds is 2. The van der Waals surface area contributed by atoms with Crippen LogP contribution < -0.4 is 0 Å². The van der Waals surface area contributed by atoms with Crippen LogP contribution in [-0.4, -0.2) is 20.9 Å². The summed E-state index contributed by atoms with van der Waals surface area (Å²) in [5.74, 6) is -0.945. The zero-order valence-electron chi connectivity index (χ0n) is 10.1. The maximum Gasteiger partial charge on any atom is 0.339 e. The summed E-state index contributed by atoms with van der Waals surface area (Å²) in [5, 5.41) is 13.2. The second-order valence-electron chi connectivity index (χ2n) is 4.17. The van der Waals surface area contributed by atoms with Crippen molar-refractivity contribution in [1.82, 2.24) is 9.78 Å². The van der Waals surface area contributed by atoms with Crippen LogP contribution in [0.4, 0.5) is 0 Å². The minimum absolute atomic E-state index is 0.242. The molecule has 1 aromatic carbocycles. The van der Waals surface area contributed by atoms with Crippen LogP contribution in [0.3, 0.4) is 0 Å². The second-order valence-corrected chi connectivity index (χ2v) is 4.17. The molecule has 0 aliphatic carbocycles. The molecule has 88 valence electrons. The fraction of sp³-hybridized carbons (Fsp3) is 0.231. The molecule has 0 radical (unpaired) electrons. The maximum absolute atomic E-state index is 11.0. The van der Waals surface area contributed by atoms with Gasteiger partial charge < -0.3 is 5.11 Å². The average Bonchev–Trinajstić information content (AvgIpc) is 2.64. The molecule has 17 heavy (non-hydrogen) atoms. The summed E-state index contributed by atoms with van der Waals surface area (Å²) in [4.78, 5) is 11.0. The maximum atomic E-state index is 11.0. The lowest BCUT2D eigenvalue weighted by Crippen LogP contribution is -1.98. The number of hydrogen-bond acceptors (Lipinski definition) is 2. The lowest BCUT2D eigenvalue weighted by Gasteiger charge is -2.06. The number of carboxylic acids is 1. The van der Waals surface area contributed by atoms with E-state index in [2.05, 4.69) is 5.10 Å². The fourth-order valence-corrected chi connectivity index (χ4v) is 1.76. The summed E-state index contributed by atoms with van der Waals surface area (Å²) in [5.41, 5.74) is 3.87. The molecule has 0 bridgehead atoms. The molecule has 4 heteroatoms. The van der Waals surface area contributed by atoms with Gasteiger partial charge in [-0.15, -0.1) is 0 Å². The highest BCUT2D eigenvalue weighted by molar-refractivity contribution is 5.88. The van der Waals surface area contributed by atoms with Crippen molar-refractivity contribution in [3.05, 3.63) is 46.8 Å². The van der Waals surface area contributed by atoms with Crippen molar-refractivity contribution in [1.29, 1.82) is 0 Å². The monoisotopic (exact) mass is 230 g/mol. The first-order valence-corrected chi connectivity index (χ1v) is 5.36. The van der Waals surface area contributed by atoms with Crippen LogP contribution in [0.1, 0.15) is 27.2 Å². The quantitative estimate of drug-likeness (QED) is 0.862. The first-order valence-electron chi connectivity index (χ1n) is 5.36. The predicted octanol–water partition coefficient (Wildman–Crippen LogP) is 2.50. The van der Waals surface area contributed by atoms with Gasteiger partial charge in [-0.2, -0.15) is 5.10 Å². The molecule has 0 saturated carbocycles. The molecule has 0 aliphatic rings. The van der Waals surface area contributed by atoms with E-state index in [0.29, 0.717) is 5.69 Å². The first-order chi connectivity index (χ1) is 7.99. The van der Waals surface area contributed by atoms with Crippen LogP contribution in [0.15, 0.2) is 24.4 Å². The van der Waals surface area contributed by atoms with Crippen molar-refractivity contribution in [2.75, 3.05) is 0 Å². The van der Waals surface area contributed by atoms with E-state index in [9.17, 15) is 4.79 Å². The Hall–Kier alpha value is -2.10. The third kappa shape index (κ3) is 2.06. The van der Waals surface area contributed by atoms with Crippen LogP contribution in [-0.2, 0) is 0 Å². The van der Waals surface area contributed by atoms with Crippen molar-refractivity contribution in [2.45, 2.75) is 20.8 Å². The molecule has 2 rings (SSSR count). The van der Waals surface area contributed by atoms with Gasteiger partial charge in [-0.05, 0) is 38.0 Å². The molecular formula is C13H14N2O2. The lowest BCUT2D eigenvalue weighted by molar-refractivity contribution is 0.0696. The van der Waals surface area contributed by atoms with Crippen molar-refractivity contribution in [3.8, 4) is 5.69 Å². The molecule has 4 nitrogen and oxygen atoms in total. The molecule has 0 spiro atoms. The molecule has 1 heterocycles. The van der Waals surface area contributed by atoms with E-state index < -0.39 is 5.97 Å². The number of hydrogen-bond donors (Lipinski definition) is 1. The SMILES string of the molecule is Cc1ccc(C)c(-n2cc(C(=O)O)c(C)n2)c1. The van der Waals surface area contributed by atoms with E-state index in [0.717, 1.165) is 16.8 Å². The Morgan fingerprint density at radius 2 is 2.00 bits per heavy atom. The molecule has 0 unspecified atom stereocenters. The summed E-state index contributed by atoms with van der Waals surface area (Å²) in [6, 6.07) is 6.02. The predicted molar refractivity (Wildman–Crippen MR) is 64.7 cm³/mol. The molecule has 0 atom stereocenters. The number of aromatic nitrogens is 2. The molecule has 0 fully saturated rings. The van der Waals surface area contributed by atoms with Crippen molar-refractivity contribution in [2.24, 2.45) is 0 Å². The van der Waals surface area contributed by atoms with Gasteiger partial charge in [0.05, 0.1) is 11.4 Å². The van der Waals surface area contributed by atoms with E-state index in [1.807, 2.05) is 32.0 Å². The number of carboxylic acid groups (broad SMARTS) is 1. The first kappa shape index (κ1) is 11.4. The highest BCUT2D eigenvalue weighted by Gasteiger charge is 2.13. The van der Waals surface area contributed by atoms with Crippen LogP contribution in [0.25, 0.3) is 5.69 Å². The Kier molecular flexibility index (Phi) is 2.71. The summed E-state index contributed by atoms with van der Waals surface area (Å²) < 4.78 is 1.63. The van der Waals surface area contributed by atoms with Gasteiger partial charge >= 0.3 is 5.97 Å². The Balaban J connectivity index is 2.57. The summed E-state index contributed by atoms with van der Waals surface area (Å²) in [7, 11) is 0. The summed E-state index contributed by atoms with van der Waals surface area (Å²) >= 11 is 0. The molecule has 0 amide bonds. The van der Waals surface area contributed by atoms with Gasteiger partial charge in [0, 0.05) is 6.20 Å². The molecule has 0 aliphatic heterocycles. The molecular weight excluding hydrogens is 216 g/mol. The van der Waals surface area contributed by atoms with Gasteiger partial charge in [0.25, 0.3) is 0 Å². The summed E-state index contributed by atoms with van der Waals surface area (Å²) in [6.45, 7) is 5.68. The van der Waals surface area contributed by atoms with Gasteiger partial charge in [-0.25, -0.2) is 9.48 Å². The van der Waals surface area contributed by atoms with E-state index in [-0.39, 0.29) is 5.56 Å². The normalized spacial score (nSPS) is 10.5. The number of nitrogens with zero attached hydrogens (tertiary/aromatic N) is 2. The van der Waals surface area contributed by atoms with Crippen molar-refractivity contribution in [3.63, 3.8) is 0 Å². The number of carbonyl (C=O) groups is 1. The van der Waals surface area contributed by atoms with Crippen LogP contribution in [0.5, 0.6) is 0 Å². The third-order valence-electron chi connectivity index (χ3n) is 2.74. The fourth-order valence-electron chi connectivity index (χ4n) is 1.76. The largest absolute Gasteiger partial charge is 0.478 e. The Bertz CT molecular complexity index is 585. The highest BCUT2D eigenvalue weighted by Crippen LogP contribution is 2.17. The van der Waals surface area contributed by atoms with Crippen LogP contribution >= 0.6 is 0 Å². The third-order valence-corrected chi connectivity index (χ3v) is 2.74. The van der Waals surface area contributed by atoms with Crippen LogP contribution in [0, 0.1) is 20.8 Å². The second kappa shape index (κ2) is 4.05. The lowest BCUT2D eigenvalue weighted by atomic mass is 10.1. The smallest absolute Gasteiger partial charge is 0.339 e. The molecule has 1 aromatic heterocycles. The molecule has 1 N–H and O–H groups in total. The number of aryl methyl sites for hydroxylation is 3. The Morgan fingerprint density at radius 3 is 2.59 bits per heavy atom. The van der Waals surface area contributed by atoms with Crippen LogP contribution in [0.2, 0.25) is 0 Å². The van der Waals surface area contributed by atoms with Gasteiger partial charge in [-0.1, -0.05) is 12.1 Å². The van der Waals surface area contributed by atoms with E-state index in [1.54, 1.807) is 17.8 Å². The Morgan fingerprint density at radius 1 is 1.29 bits per heavy atom. The number of aromatic carboxylic acids is 1. The minimum Gasteiger partial charge on any atom is -0.478 e. The van der Waals surface area contributed by atoms with Crippen molar-refractivity contribution >= 4 is 5.97 Å². The van der Waals surface area contributed by atoms with Gasteiger partial charge in [0.1, 0.15) is 5.56 Å². The average molecular weight is 230 g/mol. The summed E-state index contributed by atoms with van der Waals surface area (Å²) in [6.07, 6.45) is 1.56. The van der Waals surface area contributed by atoms with E-state index in [4.69, 9.17) is 5.11 Å². The van der Waals surface area contributed by atoms with Gasteiger partial charge in [-0.3, -0.25) is 0 Å². The standard InChI is InChI=1S/C13H14N2O2/c1-8-4-5-9(2)12(6-8)15-7-11(13(16)17)10(3)14-15/h4-7H,1-3H3,(H,16,17). The number of benzene rings is 1. The molecule has 2 aromatic rings. The van der Waals surface area contributed by atoms with E-state index >= 15 is 0 Å². The minimum atomic E-state index is -0.945. The highest BCUT2D eigenvalue weighted by atomic mass is 16.4. The topological polar surface area (TPSA) is 55.1 Å². The van der Waals surface area contributed by atoms with Crippen molar-refractivity contribution < 1.29 is 9.90 Å². The Labute approximate surface area is 99.5 Å². The molecule has 0 saturated heterocycles. The van der Waals surface area contributed by atoms with Gasteiger partial charge in [0.15, 0.2) is 0 Å². The van der Waals surface area contributed by atoms with Gasteiger partial charge in [0.2, 0.25) is 0 Å². The van der Waals surface area contributed by atoms with E-state index in [1.165, 1.54) is 0 Å². The zero-order valence-corrected chi connectivity index (χ0v) is 10.1. The zero-order chi connectivity index (χ0) is 12.6.